The van der Waals surface area contributed by atoms with E-state index in [1.165, 1.54) is 32.1 Å². The summed E-state index contributed by atoms with van der Waals surface area (Å²) >= 11 is 0. The van der Waals surface area contributed by atoms with Crippen LogP contribution in [0.1, 0.15) is 51.9 Å². The maximum absolute atomic E-state index is 10.6. The van der Waals surface area contributed by atoms with Crippen molar-refractivity contribution < 1.29 is 5.11 Å². The summed E-state index contributed by atoms with van der Waals surface area (Å²) in [6.07, 6.45) is 8.66. The van der Waals surface area contributed by atoms with Gasteiger partial charge in [0.15, 0.2) is 0 Å². The molecule has 1 heterocycles. The highest BCUT2D eigenvalue weighted by Crippen LogP contribution is 2.39. The number of nitrogens with one attached hydrogen (secondary N) is 1. The van der Waals surface area contributed by atoms with Gasteiger partial charge in [0.25, 0.3) is 0 Å². The molecule has 3 atom stereocenters. The first kappa shape index (κ1) is 11.4. The summed E-state index contributed by atoms with van der Waals surface area (Å²) < 4.78 is 0. The molecule has 0 spiro atoms. The number of hydrogen-bond acceptors (Lipinski definition) is 2. The third-order valence-electron chi connectivity index (χ3n) is 4.51. The first-order valence-corrected chi connectivity index (χ1v) is 6.67. The van der Waals surface area contributed by atoms with Gasteiger partial charge in [-0.2, -0.15) is 0 Å². The van der Waals surface area contributed by atoms with Crippen LogP contribution in [0.25, 0.3) is 0 Å². The van der Waals surface area contributed by atoms with Crippen LogP contribution in [-0.2, 0) is 0 Å². The fourth-order valence-electron chi connectivity index (χ4n) is 3.41. The summed E-state index contributed by atoms with van der Waals surface area (Å²) in [6, 6.07) is 0. The molecule has 0 radical (unpaired) electrons. The molecular weight excluding hydrogens is 186 g/mol. The van der Waals surface area contributed by atoms with Crippen LogP contribution in [0.2, 0.25) is 0 Å². The number of hydrogen-bond donors (Lipinski definition) is 2. The molecule has 0 aromatic carbocycles. The predicted molar refractivity (Wildman–Crippen MR) is 62.8 cm³/mol. The molecule has 2 heteroatoms. The number of rotatable bonds is 2. The molecule has 3 unspecified atom stereocenters. The lowest BCUT2D eigenvalue weighted by Gasteiger charge is -2.43. The first-order valence-electron chi connectivity index (χ1n) is 6.67. The largest absolute Gasteiger partial charge is 0.388 e. The van der Waals surface area contributed by atoms with Crippen molar-refractivity contribution in [1.82, 2.24) is 5.32 Å². The second kappa shape index (κ2) is 4.84. The molecule has 15 heavy (non-hydrogen) atoms. The Bertz CT molecular complexity index is 199. The van der Waals surface area contributed by atoms with E-state index in [2.05, 4.69) is 12.2 Å². The standard InChI is InChI=1S/C13H25NO/c1-2-11-5-3-6-12(9-11)13(15)7-4-8-14-10-13/h11-12,14-15H,2-10H2,1H3. The maximum atomic E-state index is 10.6. The van der Waals surface area contributed by atoms with Crippen LogP contribution in [0.4, 0.5) is 0 Å². The van der Waals surface area contributed by atoms with E-state index in [1.54, 1.807) is 0 Å². The molecule has 2 fully saturated rings. The van der Waals surface area contributed by atoms with Crippen molar-refractivity contribution >= 4 is 0 Å². The maximum Gasteiger partial charge on any atom is 0.0800 e. The zero-order valence-electron chi connectivity index (χ0n) is 9.97. The lowest BCUT2D eigenvalue weighted by Crippen LogP contribution is -2.51. The Balaban J connectivity index is 1.95. The van der Waals surface area contributed by atoms with E-state index in [1.807, 2.05) is 0 Å². The lowest BCUT2D eigenvalue weighted by atomic mass is 9.70. The van der Waals surface area contributed by atoms with E-state index >= 15 is 0 Å². The smallest absolute Gasteiger partial charge is 0.0800 e. The van der Waals surface area contributed by atoms with Gasteiger partial charge >= 0.3 is 0 Å². The van der Waals surface area contributed by atoms with Crippen LogP contribution in [0, 0.1) is 11.8 Å². The van der Waals surface area contributed by atoms with Crippen LogP contribution in [0.3, 0.4) is 0 Å². The van der Waals surface area contributed by atoms with Gasteiger partial charge < -0.3 is 10.4 Å². The van der Waals surface area contributed by atoms with Gasteiger partial charge in [-0.3, -0.25) is 0 Å². The fourth-order valence-corrected chi connectivity index (χ4v) is 3.41. The average molecular weight is 211 g/mol. The van der Waals surface area contributed by atoms with Crippen molar-refractivity contribution in [2.24, 2.45) is 11.8 Å². The van der Waals surface area contributed by atoms with Gasteiger partial charge in [-0.1, -0.05) is 26.2 Å². The van der Waals surface area contributed by atoms with Crippen molar-refractivity contribution in [2.45, 2.75) is 57.5 Å². The Hall–Kier alpha value is -0.0800. The highest BCUT2D eigenvalue weighted by atomic mass is 16.3. The highest BCUT2D eigenvalue weighted by molar-refractivity contribution is 4.93. The Morgan fingerprint density at radius 2 is 2.20 bits per heavy atom. The van der Waals surface area contributed by atoms with Gasteiger partial charge in [0, 0.05) is 6.54 Å². The molecule has 1 aliphatic heterocycles. The van der Waals surface area contributed by atoms with E-state index < -0.39 is 0 Å². The summed E-state index contributed by atoms with van der Waals surface area (Å²) in [5.41, 5.74) is -0.383. The van der Waals surface area contributed by atoms with Crippen molar-refractivity contribution in [1.29, 1.82) is 0 Å². The number of aliphatic hydroxyl groups is 1. The molecule has 2 rings (SSSR count). The quantitative estimate of drug-likeness (QED) is 0.734. The van der Waals surface area contributed by atoms with Gasteiger partial charge in [-0.25, -0.2) is 0 Å². The van der Waals surface area contributed by atoms with Crippen LogP contribution in [-0.4, -0.2) is 23.8 Å². The molecule has 1 saturated heterocycles. The Morgan fingerprint density at radius 1 is 1.33 bits per heavy atom. The minimum Gasteiger partial charge on any atom is -0.388 e. The summed E-state index contributed by atoms with van der Waals surface area (Å²) in [7, 11) is 0. The molecule has 1 saturated carbocycles. The molecule has 0 bridgehead atoms. The van der Waals surface area contributed by atoms with E-state index in [0.29, 0.717) is 5.92 Å². The van der Waals surface area contributed by atoms with Gasteiger partial charge in [-0.15, -0.1) is 0 Å². The Kier molecular flexibility index (Phi) is 3.68. The molecule has 2 N–H and O–H groups in total. The fraction of sp³-hybridized carbons (Fsp3) is 1.00. The summed E-state index contributed by atoms with van der Waals surface area (Å²) in [6.45, 7) is 4.20. The van der Waals surface area contributed by atoms with Crippen molar-refractivity contribution in [3.63, 3.8) is 0 Å². The second-order valence-electron chi connectivity index (χ2n) is 5.52. The van der Waals surface area contributed by atoms with E-state index in [0.717, 1.165) is 31.8 Å². The Morgan fingerprint density at radius 3 is 2.87 bits per heavy atom. The van der Waals surface area contributed by atoms with Crippen molar-refractivity contribution in [3.8, 4) is 0 Å². The van der Waals surface area contributed by atoms with Gasteiger partial charge in [0.2, 0.25) is 0 Å². The molecule has 1 aliphatic carbocycles. The molecule has 0 aromatic rings. The van der Waals surface area contributed by atoms with Crippen LogP contribution < -0.4 is 5.32 Å². The molecule has 0 aromatic heterocycles. The lowest BCUT2D eigenvalue weighted by molar-refractivity contribution is -0.0577. The van der Waals surface area contributed by atoms with Gasteiger partial charge in [0.1, 0.15) is 0 Å². The van der Waals surface area contributed by atoms with Gasteiger partial charge in [-0.05, 0) is 44.1 Å². The molecular formula is C13H25NO. The Labute approximate surface area is 93.5 Å². The predicted octanol–water partition coefficient (Wildman–Crippen LogP) is 2.32. The number of β-amino-alcohol motifs (C(OH)–C–C–N with tert-alkyl or cyclic N) is 1. The topological polar surface area (TPSA) is 32.3 Å². The minimum absolute atomic E-state index is 0.383. The summed E-state index contributed by atoms with van der Waals surface area (Å²) in [5.74, 6) is 1.43. The molecule has 2 aliphatic rings. The third-order valence-corrected chi connectivity index (χ3v) is 4.51. The van der Waals surface area contributed by atoms with E-state index in [-0.39, 0.29) is 5.60 Å². The normalized spacial score (nSPS) is 42.8. The average Bonchev–Trinajstić information content (AvgIpc) is 2.30. The summed E-state index contributed by atoms with van der Waals surface area (Å²) in [5, 5.41) is 14.0. The van der Waals surface area contributed by atoms with Crippen molar-refractivity contribution in [2.75, 3.05) is 13.1 Å². The van der Waals surface area contributed by atoms with Crippen LogP contribution in [0.5, 0.6) is 0 Å². The summed E-state index contributed by atoms with van der Waals surface area (Å²) in [4.78, 5) is 0. The van der Waals surface area contributed by atoms with Crippen LogP contribution in [0.15, 0.2) is 0 Å². The monoisotopic (exact) mass is 211 g/mol. The first-order chi connectivity index (χ1) is 7.24. The highest BCUT2D eigenvalue weighted by Gasteiger charge is 2.39. The minimum atomic E-state index is -0.383. The van der Waals surface area contributed by atoms with Crippen LogP contribution >= 0.6 is 0 Å². The number of piperidine rings is 1. The van der Waals surface area contributed by atoms with E-state index in [9.17, 15) is 5.11 Å². The van der Waals surface area contributed by atoms with Crippen molar-refractivity contribution in [3.05, 3.63) is 0 Å². The van der Waals surface area contributed by atoms with E-state index in [4.69, 9.17) is 0 Å². The zero-order valence-corrected chi connectivity index (χ0v) is 9.97. The SMILES string of the molecule is CCC1CCCC(C2(O)CCCNC2)C1. The molecule has 2 nitrogen and oxygen atoms in total. The molecule has 88 valence electrons. The third kappa shape index (κ3) is 2.54. The molecule has 0 amide bonds. The second-order valence-corrected chi connectivity index (χ2v) is 5.52. The zero-order chi connectivity index (χ0) is 10.7. The van der Waals surface area contributed by atoms with Gasteiger partial charge in [0.05, 0.1) is 5.60 Å².